The lowest BCUT2D eigenvalue weighted by Gasteiger charge is -2.21. The molecule has 1 aliphatic carbocycles. The van der Waals surface area contributed by atoms with Gasteiger partial charge in [-0.25, -0.2) is 0 Å². The van der Waals surface area contributed by atoms with Crippen LogP contribution in [-0.2, 0) is 4.74 Å². The Hall–Kier alpha value is -1.06. The largest absolute Gasteiger partial charge is 0.494 e. The first kappa shape index (κ1) is 12.4. The summed E-state index contributed by atoms with van der Waals surface area (Å²) in [7, 11) is 1.67. The van der Waals surface area contributed by atoms with Crippen LogP contribution in [0.2, 0.25) is 0 Å². The molecule has 1 aromatic rings. The molecule has 1 aliphatic rings. The first-order chi connectivity index (χ1) is 8.26. The molecule has 0 aliphatic heterocycles. The van der Waals surface area contributed by atoms with Crippen molar-refractivity contribution >= 4 is 0 Å². The van der Waals surface area contributed by atoms with Crippen LogP contribution in [0.4, 0.5) is 0 Å². The zero-order valence-corrected chi connectivity index (χ0v) is 10.4. The monoisotopic (exact) mass is 236 g/mol. The van der Waals surface area contributed by atoms with Crippen LogP contribution in [0.3, 0.4) is 0 Å². The Bertz CT molecular complexity index is 343. The first-order valence-electron chi connectivity index (χ1n) is 6.20. The van der Waals surface area contributed by atoms with Crippen molar-refractivity contribution in [3.05, 3.63) is 29.8 Å². The van der Waals surface area contributed by atoms with E-state index < -0.39 is 6.10 Å². The lowest BCUT2D eigenvalue weighted by Crippen LogP contribution is -2.23. The first-order valence-corrected chi connectivity index (χ1v) is 6.20. The van der Waals surface area contributed by atoms with E-state index in [1.165, 1.54) is 0 Å². The van der Waals surface area contributed by atoms with Gasteiger partial charge in [0.2, 0.25) is 0 Å². The minimum atomic E-state index is -0.539. The second-order valence-electron chi connectivity index (χ2n) is 4.48. The van der Waals surface area contributed by atoms with Gasteiger partial charge in [-0.2, -0.15) is 0 Å². The van der Waals surface area contributed by atoms with Gasteiger partial charge in [0, 0.05) is 7.11 Å². The van der Waals surface area contributed by atoms with Gasteiger partial charge in [-0.3, -0.25) is 0 Å². The summed E-state index contributed by atoms with van der Waals surface area (Å²) >= 11 is 0. The SMILES string of the molecule is CCOc1ccc(C(O)C(OC)C2CC2)cc1. The standard InChI is InChI=1S/C14H20O3/c1-3-17-12-8-6-10(7-9-12)13(15)14(16-2)11-4-5-11/h6-9,11,13-15H,3-5H2,1-2H3. The zero-order chi connectivity index (χ0) is 12.3. The van der Waals surface area contributed by atoms with Gasteiger partial charge in [0.25, 0.3) is 0 Å². The molecule has 0 amide bonds. The maximum absolute atomic E-state index is 10.2. The molecular weight excluding hydrogens is 216 g/mol. The summed E-state index contributed by atoms with van der Waals surface area (Å²) < 4.78 is 10.8. The highest BCUT2D eigenvalue weighted by Gasteiger charge is 2.36. The quantitative estimate of drug-likeness (QED) is 0.825. The zero-order valence-electron chi connectivity index (χ0n) is 10.4. The Morgan fingerprint density at radius 1 is 1.29 bits per heavy atom. The highest BCUT2D eigenvalue weighted by Crippen LogP contribution is 2.39. The van der Waals surface area contributed by atoms with E-state index in [4.69, 9.17) is 9.47 Å². The summed E-state index contributed by atoms with van der Waals surface area (Å²) in [4.78, 5) is 0. The van der Waals surface area contributed by atoms with E-state index in [2.05, 4.69) is 0 Å². The number of hydrogen-bond acceptors (Lipinski definition) is 3. The van der Waals surface area contributed by atoms with Gasteiger partial charge >= 0.3 is 0 Å². The Morgan fingerprint density at radius 2 is 1.94 bits per heavy atom. The summed E-state index contributed by atoms with van der Waals surface area (Å²) in [5.74, 6) is 1.35. The predicted octanol–water partition coefficient (Wildman–Crippen LogP) is 2.54. The number of ether oxygens (including phenoxy) is 2. The maximum atomic E-state index is 10.2. The van der Waals surface area contributed by atoms with Crippen LogP contribution < -0.4 is 4.74 Å². The van der Waals surface area contributed by atoms with E-state index in [-0.39, 0.29) is 6.10 Å². The molecule has 1 N–H and O–H groups in total. The number of aliphatic hydroxyl groups excluding tert-OH is 1. The predicted molar refractivity (Wildman–Crippen MR) is 66.1 cm³/mol. The molecule has 0 heterocycles. The van der Waals surface area contributed by atoms with Gasteiger partial charge in [-0.15, -0.1) is 0 Å². The summed E-state index contributed by atoms with van der Waals surface area (Å²) in [6.07, 6.45) is 1.70. The van der Waals surface area contributed by atoms with E-state index in [1.54, 1.807) is 7.11 Å². The van der Waals surface area contributed by atoms with Gasteiger partial charge in [0.1, 0.15) is 11.9 Å². The van der Waals surface area contributed by atoms with Crippen LogP contribution in [0.15, 0.2) is 24.3 Å². The van der Waals surface area contributed by atoms with E-state index in [0.29, 0.717) is 12.5 Å². The number of methoxy groups -OCH3 is 1. The van der Waals surface area contributed by atoms with Crippen molar-refractivity contribution in [2.24, 2.45) is 5.92 Å². The normalized spacial score (nSPS) is 18.8. The van der Waals surface area contributed by atoms with E-state index in [1.807, 2.05) is 31.2 Å². The van der Waals surface area contributed by atoms with Gasteiger partial charge in [0.05, 0.1) is 12.7 Å². The Morgan fingerprint density at radius 3 is 2.41 bits per heavy atom. The molecule has 1 fully saturated rings. The van der Waals surface area contributed by atoms with E-state index >= 15 is 0 Å². The Balaban J connectivity index is 2.04. The molecule has 2 unspecified atom stereocenters. The average molecular weight is 236 g/mol. The van der Waals surface area contributed by atoms with Crippen molar-refractivity contribution in [1.82, 2.24) is 0 Å². The third-order valence-corrected chi connectivity index (χ3v) is 3.20. The van der Waals surface area contributed by atoms with Crippen molar-refractivity contribution < 1.29 is 14.6 Å². The Labute approximate surface area is 102 Å². The lowest BCUT2D eigenvalue weighted by atomic mass is 10.0. The molecule has 2 atom stereocenters. The van der Waals surface area contributed by atoms with Crippen LogP contribution in [0.1, 0.15) is 31.4 Å². The average Bonchev–Trinajstić information content (AvgIpc) is 3.16. The number of hydrogen-bond donors (Lipinski definition) is 1. The van der Waals surface area contributed by atoms with Crippen LogP contribution >= 0.6 is 0 Å². The highest BCUT2D eigenvalue weighted by atomic mass is 16.5. The molecule has 0 bridgehead atoms. The fourth-order valence-corrected chi connectivity index (χ4v) is 2.12. The van der Waals surface area contributed by atoms with Crippen LogP contribution in [0, 0.1) is 5.92 Å². The number of benzene rings is 1. The fraction of sp³-hybridized carbons (Fsp3) is 0.571. The smallest absolute Gasteiger partial charge is 0.119 e. The summed E-state index contributed by atoms with van der Waals surface area (Å²) in [5, 5.41) is 10.2. The van der Waals surface area contributed by atoms with Crippen molar-refractivity contribution in [2.75, 3.05) is 13.7 Å². The fourth-order valence-electron chi connectivity index (χ4n) is 2.12. The molecule has 17 heavy (non-hydrogen) atoms. The van der Waals surface area contributed by atoms with Crippen LogP contribution in [-0.4, -0.2) is 24.9 Å². The lowest BCUT2D eigenvalue weighted by molar-refractivity contribution is -0.0259. The molecule has 0 spiro atoms. The van der Waals surface area contributed by atoms with Crippen molar-refractivity contribution in [3.8, 4) is 5.75 Å². The third kappa shape index (κ3) is 2.99. The molecule has 3 heteroatoms. The van der Waals surface area contributed by atoms with Gasteiger partial charge in [-0.1, -0.05) is 12.1 Å². The molecule has 3 nitrogen and oxygen atoms in total. The number of aliphatic hydroxyl groups is 1. The Kier molecular flexibility index (Phi) is 4.02. The van der Waals surface area contributed by atoms with E-state index in [9.17, 15) is 5.11 Å². The van der Waals surface area contributed by atoms with Gasteiger partial charge in [0.15, 0.2) is 0 Å². The summed E-state index contributed by atoms with van der Waals surface area (Å²) in [6, 6.07) is 7.59. The maximum Gasteiger partial charge on any atom is 0.119 e. The molecule has 1 saturated carbocycles. The second-order valence-corrected chi connectivity index (χ2v) is 4.48. The van der Waals surface area contributed by atoms with Crippen molar-refractivity contribution in [3.63, 3.8) is 0 Å². The molecular formula is C14H20O3. The topological polar surface area (TPSA) is 38.7 Å². The molecule has 0 saturated heterocycles. The summed E-state index contributed by atoms with van der Waals surface area (Å²) in [5.41, 5.74) is 0.896. The molecule has 0 radical (unpaired) electrons. The number of rotatable bonds is 6. The minimum absolute atomic E-state index is 0.0760. The molecule has 94 valence electrons. The van der Waals surface area contributed by atoms with E-state index in [0.717, 1.165) is 24.2 Å². The van der Waals surface area contributed by atoms with Crippen molar-refractivity contribution in [1.29, 1.82) is 0 Å². The van der Waals surface area contributed by atoms with Crippen LogP contribution in [0.25, 0.3) is 0 Å². The molecule has 0 aromatic heterocycles. The van der Waals surface area contributed by atoms with Crippen LogP contribution in [0.5, 0.6) is 5.75 Å². The van der Waals surface area contributed by atoms with Crippen molar-refractivity contribution in [2.45, 2.75) is 32.0 Å². The molecule has 2 rings (SSSR count). The summed E-state index contributed by atoms with van der Waals surface area (Å²) in [6.45, 7) is 2.61. The third-order valence-electron chi connectivity index (χ3n) is 3.20. The van der Waals surface area contributed by atoms with Gasteiger partial charge in [-0.05, 0) is 43.4 Å². The minimum Gasteiger partial charge on any atom is -0.494 e. The highest BCUT2D eigenvalue weighted by molar-refractivity contribution is 5.29. The molecule has 1 aromatic carbocycles. The second kappa shape index (κ2) is 5.52. The van der Waals surface area contributed by atoms with Gasteiger partial charge < -0.3 is 14.6 Å².